The molecular weight excluding hydrogens is 361 g/mol. The summed E-state index contributed by atoms with van der Waals surface area (Å²) in [6, 6.07) is 11.4. The van der Waals surface area contributed by atoms with Crippen LogP contribution in [0.15, 0.2) is 42.5 Å². The minimum atomic E-state index is -0.619. The van der Waals surface area contributed by atoms with E-state index in [4.69, 9.17) is 9.47 Å². The van der Waals surface area contributed by atoms with Crippen molar-refractivity contribution in [2.24, 2.45) is 0 Å². The molecule has 1 atom stereocenters. The monoisotopic (exact) mass is 385 g/mol. The third kappa shape index (κ3) is 5.00. The van der Waals surface area contributed by atoms with E-state index >= 15 is 0 Å². The van der Waals surface area contributed by atoms with Crippen molar-refractivity contribution in [1.82, 2.24) is 15.3 Å². The molecule has 3 aromatic rings. The number of fused-ring (bicyclic) bond motifs is 1. The van der Waals surface area contributed by atoms with Crippen LogP contribution in [0.3, 0.4) is 0 Å². The fourth-order valence-electron chi connectivity index (χ4n) is 2.83. The fourth-order valence-corrected chi connectivity index (χ4v) is 2.83. The Morgan fingerprint density at radius 2 is 1.93 bits per heavy atom. The molecule has 0 spiro atoms. The first kappa shape index (κ1) is 19.7. The van der Waals surface area contributed by atoms with E-state index in [0.717, 1.165) is 11.3 Å². The number of ether oxygens (including phenoxy) is 2. The first-order valence-corrected chi connectivity index (χ1v) is 9.01. The average molecular weight is 385 g/mol. The zero-order valence-corrected chi connectivity index (χ0v) is 16.4. The summed E-state index contributed by atoms with van der Waals surface area (Å²) in [5.41, 5.74) is 1.56. The number of carbonyl (C=O) groups is 1. The minimum Gasteiger partial charge on any atom is -0.497 e. The highest BCUT2D eigenvalue weighted by molar-refractivity contribution is 5.75. The molecule has 0 saturated heterocycles. The number of imidazole rings is 1. The molecule has 0 aliphatic carbocycles. The van der Waals surface area contributed by atoms with Gasteiger partial charge in [-0.3, -0.25) is 0 Å². The summed E-state index contributed by atoms with van der Waals surface area (Å²) in [6.07, 6.45) is -0.0661. The Bertz CT molecular complexity index is 961. The van der Waals surface area contributed by atoms with Gasteiger partial charge in [-0.25, -0.2) is 14.2 Å². The molecule has 7 heteroatoms. The number of benzene rings is 2. The van der Waals surface area contributed by atoms with E-state index in [1.165, 1.54) is 12.1 Å². The van der Waals surface area contributed by atoms with Gasteiger partial charge in [0.05, 0.1) is 24.2 Å². The smallest absolute Gasteiger partial charge is 0.408 e. The first-order valence-electron chi connectivity index (χ1n) is 9.01. The quantitative estimate of drug-likeness (QED) is 0.677. The highest BCUT2D eigenvalue weighted by atomic mass is 19.1. The Labute approximate surface area is 163 Å². The third-order valence-corrected chi connectivity index (χ3v) is 4.08. The molecule has 0 radical (unpaired) electrons. The molecular formula is C21H24FN3O3. The standard InChI is InChI=1S/C21H24FN3O3/c1-21(2,3)28-20(26)25-18(11-13-5-8-15(27-4)9-6-13)19-23-16-10-7-14(22)12-17(16)24-19/h5-10,12,18H,11H2,1-4H3,(H,23,24)(H,25,26)/t18-/m1/s1. The summed E-state index contributed by atoms with van der Waals surface area (Å²) in [5.74, 6) is 0.927. The topological polar surface area (TPSA) is 76.2 Å². The van der Waals surface area contributed by atoms with E-state index in [0.29, 0.717) is 23.3 Å². The maximum Gasteiger partial charge on any atom is 0.408 e. The maximum atomic E-state index is 13.5. The summed E-state index contributed by atoms with van der Waals surface area (Å²) >= 11 is 0. The second-order valence-corrected chi connectivity index (χ2v) is 7.53. The Kier molecular flexibility index (Phi) is 5.53. The van der Waals surface area contributed by atoms with Crippen molar-refractivity contribution < 1.29 is 18.7 Å². The van der Waals surface area contributed by atoms with Gasteiger partial charge in [0.2, 0.25) is 0 Å². The Morgan fingerprint density at radius 1 is 1.21 bits per heavy atom. The van der Waals surface area contributed by atoms with Crippen LogP contribution in [0.5, 0.6) is 5.75 Å². The number of hydrogen-bond donors (Lipinski definition) is 2. The van der Waals surface area contributed by atoms with E-state index in [1.807, 2.05) is 24.3 Å². The minimum absolute atomic E-state index is 0.352. The van der Waals surface area contributed by atoms with Gasteiger partial charge in [-0.15, -0.1) is 0 Å². The molecule has 1 aromatic heterocycles. The molecule has 3 rings (SSSR count). The third-order valence-electron chi connectivity index (χ3n) is 4.08. The summed E-state index contributed by atoms with van der Waals surface area (Å²) in [4.78, 5) is 20.0. The van der Waals surface area contributed by atoms with Crippen molar-refractivity contribution in [3.05, 3.63) is 59.7 Å². The molecule has 1 amide bonds. The predicted molar refractivity (Wildman–Crippen MR) is 105 cm³/mol. The van der Waals surface area contributed by atoms with Gasteiger partial charge >= 0.3 is 6.09 Å². The van der Waals surface area contributed by atoms with Gasteiger partial charge in [0.15, 0.2) is 0 Å². The number of aromatic amines is 1. The van der Waals surface area contributed by atoms with Gasteiger partial charge in [0.1, 0.15) is 23.0 Å². The van der Waals surface area contributed by atoms with Crippen molar-refractivity contribution in [3.63, 3.8) is 0 Å². The molecule has 148 valence electrons. The van der Waals surface area contributed by atoms with Crippen LogP contribution in [-0.2, 0) is 11.2 Å². The maximum absolute atomic E-state index is 13.5. The van der Waals surface area contributed by atoms with E-state index < -0.39 is 17.7 Å². The number of aromatic nitrogens is 2. The van der Waals surface area contributed by atoms with E-state index in [-0.39, 0.29) is 5.82 Å². The largest absolute Gasteiger partial charge is 0.497 e. The molecule has 2 N–H and O–H groups in total. The van der Waals surface area contributed by atoms with Crippen molar-refractivity contribution in [2.75, 3.05) is 7.11 Å². The number of hydrogen-bond acceptors (Lipinski definition) is 4. The fraction of sp³-hybridized carbons (Fsp3) is 0.333. The summed E-state index contributed by atoms with van der Waals surface area (Å²) in [5, 5.41) is 2.86. The number of amides is 1. The van der Waals surface area contributed by atoms with Crippen molar-refractivity contribution >= 4 is 17.1 Å². The molecule has 2 aromatic carbocycles. The Balaban J connectivity index is 1.88. The number of rotatable bonds is 5. The van der Waals surface area contributed by atoms with Gasteiger partial charge in [-0.1, -0.05) is 12.1 Å². The predicted octanol–water partition coefficient (Wildman–Crippen LogP) is 4.52. The lowest BCUT2D eigenvalue weighted by atomic mass is 10.1. The van der Waals surface area contributed by atoms with Gasteiger partial charge in [0, 0.05) is 6.42 Å². The van der Waals surface area contributed by atoms with E-state index in [9.17, 15) is 9.18 Å². The van der Waals surface area contributed by atoms with Gasteiger partial charge < -0.3 is 19.8 Å². The van der Waals surface area contributed by atoms with Crippen LogP contribution >= 0.6 is 0 Å². The second kappa shape index (κ2) is 7.88. The van der Waals surface area contributed by atoms with Gasteiger partial charge in [-0.2, -0.15) is 0 Å². The normalized spacial score (nSPS) is 12.6. The number of nitrogens with zero attached hydrogens (tertiary/aromatic N) is 1. The SMILES string of the molecule is COc1ccc(C[C@@H](NC(=O)OC(C)(C)C)c2nc3ccc(F)cc3[nH]2)cc1. The van der Waals surface area contributed by atoms with Crippen LogP contribution in [0.1, 0.15) is 38.2 Å². The molecule has 0 aliphatic rings. The molecule has 0 fully saturated rings. The van der Waals surface area contributed by atoms with Gasteiger partial charge in [0.25, 0.3) is 0 Å². The molecule has 0 unspecified atom stereocenters. The van der Waals surface area contributed by atoms with Crippen LogP contribution in [0.4, 0.5) is 9.18 Å². The van der Waals surface area contributed by atoms with Crippen molar-refractivity contribution in [1.29, 1.82) is 0 Å². The number of halogens is 1. The molecule has 6 nitrogen and oxygen atoms in total. The lowest BCUT2D eigenvalue weighted by Gasteiger charge is -2.23. The van der Waals surface area contributed by atoms with E-state index in [2.05, 4.69) is 15.3 Å². The lowest BCUT2D eigenvalue weighted by molar-refractivity contribution is 0.0501. The van der Waals surface area contributed by atoms with Crippen LogP contribution < -0.4 is 10.1 Å². The lowest BCUT2D eigenvalue weighted by Crippen LogP contribution is -2.36. The van der Waals surface area contributed by atoms with Crippen molar-refractivity contribution in [3.8, 4) is 5.75 Å². The van der Waals surface area contributed by atoms with Crippen molar-refractivity contribution in [2.45, 2.75) is 38.8 Å². The van der Waals surface area contributed by atoms with Gasteiger partial charge in [-0.05, 0) is 56.7 Å². The molecule has 0 bridgehead atoms. The highest BCUT2D eigenvalue weighted by Crippen LogP contribution is 2.22. The molecule has 1 heterocycles. The number of H-pyrrole nitrogens is 1. The van der Waals surface area contributed by atoms with E-state index in [1.54, 1.807) is 33.9 Å². The first-order chi connectivity index (χ1) is 13.2. The summed E-state index contributed by atoms with van der Waals surface area (Å²) in [7, 11) is 1.61. The van der Waals surface area contributed by atoms with Crippen LogP contribution in [0.25, 0.3) is 11.0 Å². The Hall–Kier alpha value is -3.09. The summed E-state index contributed by atoms with van der Waals surface area (Å²) in [6.45, 7) is 5.40. The molecule has 28 heavy (non-hydrogen) atoms. The molecule has 0 saturated carbocycles. The number of methoxy groups -OCH3 is 1. The second-order valence-electron chi connectivity index (χ2n) is 7.53. The number of alkyl carbamates (subject to hydrolysis) is 1. The van der Waals surface area contributed by atoms with Crippen LogP contribution in [-0.4, -0.2) is 28.8 Å². The molecule has 0 aliphatic heterocycles. The number of nitrogens with one attached hydrogen (secondary N) is 2. The average Bonchev–Trinajstić information content (AvgIpc) is 3.03. The summed E-state index contributed by atoms with van der Waals surface area (Å²) < 4.78 is 24.1. The Morgan fingerprint density at radius 3 is 2.57 bits per heavy atom. The number of carbonyl (C=O) groups excluding carboxylic acids is 1. The van der Waals surface area contributed by atoms with Crippen LogP contribution in [0, 0.1) is 5.82 Å². The highest BCUT2D eigenvalue weighted by Gasteiger charge is 2.23. The zero-order valence-electron chi connectivity index (χ0n) is 16.4. The zero-order chi connectivity index (χ0) is 20.3. The van der Waals surface area contributed by atoms with Crippen LogP contribution in [0.2, 0.25) is 0 Å².